The maximum absolute atomic E-state index is 12.6. The molecule has 1 unspecified atom stereocenters. The van der Waals surface area contributed by atoms with E-state index in [1.165, 1.54) is 0 Å². The number of halogens is 2. The maximum Gasteiger partial charge on any atom is 0.251 e. The van der Waals surface area contributed by atoms with Gasteiger partial charge >= 0.3 is 0 Å². The van der Waals surface area contributed by atoms with Crippen LogP contribution < -0.4 is 15.4 Å². The van der Waals surface area contributed by atoms with Crippen molar-refractivity contribution < 1.29 is 19.0 Å². The van der Waals surface area contributed by atoms with E-state index in [-0.39, 0.29) is 12.0 Å². The normalized spacial score (nSPS) is 11.8. The van der Waals surface area contributed by atoms with E-state index in [0.717, 1.165) is 27.9 Å². The number of amides is 1. The minimum absolute atomic E-state index is 0.179. The first-order valence-corrected chi connectivity index (χ1v) is 16.2. The van der Waals surface area contributed by atoms with Gasteiger partial charge in [-0.15, -0.1) is 0 Å². The van der Waals surface area contributed by atoms with Gasteiger partial charge in [0.05, 0.1) is 32.7 Å². The highest BCUT2D eigenvalue weighted by atomic mass is 35.5. The van der Waals surface area contributed by atoms with Crippen LogP contribution >= 0.6 is 23.2 Å². The van der Waals surface area contributed by atoms with Crippen molar-refractivity contribution in [2.75, 3.05) is 38.7 Å². The number of carbonyl (C=O) groups excluding carboxylic acids is 1. The molecule has 0 bridgehead atoms. The molecule has 5 aromatic rings. The van der Waals surface area contributed by atoms with Crippen LogP contribution in [0.15, 0.2) is 104 Å². The zero-order valence-electron chi connectivity index (χ0n) is 26.5. The third-order valence-electron chi connectivity index (χ3n) is 7.35. The first-order chi connectivity index (χ1) is 23.5. The Kier molecular flexibility index (Phi) is 13.0. The lowest BCUT2D eigenvalue weighted by Gasteiger charge is -2.20. The summed E-state index contributed by atoms with van der Waals surface area (Å²) in [7, 11) is 1.90. The van der Waals surface area contributed by atoms with Crippen LogP contribution in [0.2, 0.25) is 10.0 Å². The Morgan fingerprint density at radius 2 is 1.73 bits per heavy atom. The fraction of sp³-hybridized carbons (Fsp3) is 0.216. The Labute approximate surface area is 290 Å². The van der Waals surface area contributed by atoms with Crippen molar-refractivity contribution >= 4 is 46.9 Å². The summed E-state index contributed by atoms with van der Waals surface area (Å²) in [5, 5.41) is 7.09. The lowest BCUT2D eigenvalue weighted by Crippen LogP contribution is -2.27. The predicted molar refractivity (Wildman–Crippen MR) is 190 cm³/mol. The van der Waals surface area contributed by atoms with Crippen molar-refractivity contribution in [3.63, 3.8) is 0 Å². The quantitative estimate of drug-likeness (QED) is 0.0974. The summed E-state index contributed by atoms with van der Waals surface area (Å²) in [6, 6.07) is 24.6. The number of pyridine rings is 1. The number of hydrogen-bond acceptors (Lipinski definition) is 7. The van der Waals surface area contributed by atoms with Gasteiger partial charge < -0.3 is 29.4 Å². The molecule has 2 heterocycles. The molecule has 248 valence electrons. The van der Waals surface area contributed by atoms with Gasteiger partial charge in [-0.05, 0) is 59.2 Å². The SMILES string of the molecule is CNc1ccc(/C=C/c2ccc(OCCOCCNC(=O)c3ccc(COC(Cn4ccnc4)c4ccc(Cl)cc4Cl)cc3)nc2)cc1. The molecule has 1 amide bonds. The van der Waals surface area contributed by atoms with Gasteiger partial charge in [0.25, 0.3) is 5.91 Å². The van der Waals surface area contributed by atoms with Gasteiger partial charge in [0.2, 0.25) is 5.88 Å². The van der Waals surface area contributed by atoms with Gasteiger partial charge in [-0.25, -0.2) is 9.97 Å². The van der Waals surface area contributed by atoms with Gasteiger partial charge in [0.15, 0.2) is 0 Å². The number of carbonyl (C=O) groups is 1. The minimum atomic E-state index is -0.325. The molecule has 0 saturated carbocycles. The van der Waals surface area contributed by atoms with Crippen molar-refractivity contribution in [2.45, 2.75) is 19.3 Å². The molecule has 0 radical (unpaired) electrons. The smallest absolute Gasteiger partial charge is 0.251 e. The van der Waals surface area contributed by atoms with Crippen LogP contribution in [0.4, 0.5) is 5.69 Å². The minimum Gasteiger partial charge on any atom is -0.475 e. The summed E-state index contributed by atoms with van der Waals surface area (Å²) in [4.78, 5) is 21.1. The molecule has 9 nitrogen and oxygen atoms in total. The van der Waals surface area contributed by atoms with Gasteiger partial charge in [-0.3, -0.25) is 4.79 Å². The first-order valence-electron chi connectivity index (χ1n) is 15.5. The fourth-order valence-electron chi connectivity index (χ4n) is 4.71. The largest absolute Gasteiger partial charge is 0.475 e. The van der Waals surface area contributed by atoms with Crippen LogP contribution in [0.3, 0.4) is 0 Å². The third-order valence-corrected chi connectivity index (χ3v) is 7.91. The highest BCUT2D eigenvalue weighted by Gasteiger charge is 2.17. The number of imidazole rings is 1. The highest BCUT2D eigenvalue weighted by molar-refractivity contribution is 6.35. The molecule has 0 aliphatic heterocycles. The molecular weight excluding hydrogens is 649 g/mol. The van der Waals surface area contributed by atoms with Gasteiger partial charge in [-0.1, -0.05) is 65.7 Å². The van der Waals surface area contributed by atoms with Gasteiger partial charge in [0.1, 0.15) is 12.7 Å². The second-order valence-electron chi connectivity index (χ2n) is 10.8. The molecule has 0 spiro atoms. The Morgan fingerprint density at radius 3 is 2.44 bits per heavy atom. The number of benzene rings is 3. The second-order valence-corrected chi connectivity index (χ2v) is 11.6. The maximum atomic E-state index is 12.6. The van der Waals surface area contributed by atoms with E-state index in [2.05, 4.69) is 32.7 Å². The third kappa shape index (κ3) is 10.7. The number of nitrogens with one attached hydrogen (secondary N) is 2. The Hall–Kier alpha value is -4.67. The lowest BCUT2D eigenvalue weighted by atomic mass is 10.1. The van der Waals surface area contributed by atoms with Crippen LogP contribution in [0.5, 0.6) is 5.88 Å². The molecule has 1 atom stereocenters. The number of anilines is 1. The van der Waals surface area contributed by atoms with E-state index in [1.807, 2.05) is 72.4 Å². The Balaban J connectivity index is 0.983. The summed E-state index contributed by atoms with van der Waals surface area (Å²) < 4.78 is 19.5. The molecule has 11 heteroatoms. The number of nitrogens with zero attached hydrogens (tertiary/aromatic N) is 3. The van der Waals surface area contributed by atoms with Crippen LogP contribution in [0, 0.1) is 0 Å². The second kappa shape index (κ2) is 18.0. The number of hydrogen-bond donors (Lipinski definition) is 2. The molecule has 3 aromatic carbocycles. The number of aromatic nitrogens is 3. The van der Waals surface area contributed by atoms with Crippen molar-refractivity contribution in [1.29, 1.82) is 0 Å². The highest BCUT2D eigenvalue weighted by Crippen LogP contribution is 2.30. The van der Waals surface area contributed by atoms with Crippen LogP contribution in [-0.4, -0.2) is 53.9 Å². The van der Waals surface area contributed by atoms with Crippen molar-refractivity contribution in [3.8, 4) is 5.88 Å². The van der Waals surface area contributed by atoms with Crippen LogP contribution in [-0.2, 0) is 22.6 Å². The molecular formula is C37H37Cl2N5O4. The zero-order valence-corrected chi connectivity index (χ0v) is 28.0. The standard InChI is InChI=1S/C37H37Cl2N5O4/c1-40-32-12-6-27(7-13-32)2-3-28-8-15-36(43-23-28)47-21-20-46-19-17-42-37(45)30-9-4-29(5-10-30)25-48-35(24-44-18-16-41-26-44)33-14-11-31(38)22-34(33)39/h2-16,18,22-23,26,35,40H,17,19-21,24-25H2,1H3,(H,42,45)/b3-2+. The van der Waals surface area contributed by atoms with E-state index in [9.17, 15) is 4.79 Å². The summed E-state index contributed by atoms with van der Waals surface area (Å²) >= 11 is 12.6. The average Bonchev–Trinajstić information content (AvgIpc) is 3.63. The lowest BCUT2D eigenvalue weighted by molar-refractivity contribution is 0.0280. The predicted octanol–water partition coefficient (Wildman–Crippen LogP) is 7.58. The number of ether oxygens (including phenoxy) is 3. The van der Waals surface area contributed by atoms with Gasteiger partial charge in [-0.2, -0.15) is 0 Å². The fourth-order valence-corrected chi connectivity index (χ4v) is 5.24. The molecule has 0 aliphatic rings. The topological polar surface area (TPSA) is 99.5 Å². The summed E-state index contributed by atoms with van der Waals surface area (Å²) in [6.07, 6.45) is 10.8. The van der Waals surface area contributed by atoms with E-state index < -0.39 is 0 Å². The van der Waals surface area contributed by atoms with Crippen molar-refractivity contribution in [1.82, 2.24) is 19.9 Å². The van der Waals surface area contributed by atoms with Crippen LogP contribution in [0.1, 0.15) is 38.7 Å². The van der Waals surface area contributed by atoms with E-state index in [0.29, 0.717) is 61.0 Å². The molecule has 0 saturated heterocycles. The zero-order chi connectivity index (χ0) is 33.6. The Bertz CT molecular complexity index is 1750. The molecule has 5 rings (SSSR count). The first kappa shape index (κ1) is 34.7. The molecule has 0 aliphatic carbocycles. The number of rotatable bonds is 17. The molecule has 2 aromatic heterocycles. The Morgan fingerprint density at radius 1 is 0.938 bits per heavy atom. The molecule has 48 heavy (non-hydrogen) atoms. The summed E-state index contributed by atoms with van der Waals surface area (Å²) in [6.45, 7) is 2.33. The van der Waals surface area contributed by atoms with Crippen molar-refractivity contribution in [2.24, 2.45) is 0 Å². The molecule has 0 fully saturated rings. The van der Waals surface area contributed by atoms with Gasteiger partial charge in [0, 0.05) is 65.1 Å². The monoisotopic (exact) mass is 685 g/mol. The van der Waals surface area contributed by atoms with E-state index >= 15 is 0 Å². The van der Waals surface area contributed by atoms with E-state index in [1.54, 1.807) is 43.0 Å². The van der Waals surface area contributed by atoms with Crippen molar-refractivity contribution in [3.05, 3.63) is 142 Å². The summed E-state index contributed by atoms with van der Waals surface area (Å²) in [5.74, 6) is 0.348. The average molecular weight is 687 g/mol. The van der Waals surface area contributed by atoms with Crippen LogP contribution in [0.25, 0.3) is 12.2 Å². The summed E-state index contributed by atoms with van der Waals surface area (Å²) in [5.41, 5.74) is 5.46. The van der Waals surface area contributed by atoms with E-state index in [4.69, 9.17) is 37.4 Å². The molecule has 2 N–H and O–H groups in total.